The van der Waals surface area contributed by atoms with E-state index in [1.807, 2.05) is 18.2 Å². The van der Waals surface area contributed by atoms with Crippen molar-refractivity contribution in [1.82, 2.24) is 0 Å². The monoisotopic (exact) mass is 339 g/mol. The van der Waals surface area contributed by atoms with Crippen LogP contribution in [0.5, 0.6) is 11.5 Å². The molecule has 5 nitrogen and oxygen atoms in total. The summed E-state index contributed by atoms with van der Waals surface area (Å²) in [4.78, 5) is 13.4. The number of hydrogen-bond acceptors (Lipinski definition) is 5. The fourth-order valence-corrected chi connectivity index (χ4v) is 2.74. The van der Waals surface area contributed by atoms with Gasteiger partial charge in [-0.2, -0.15) is 0 Å². The third kappa shape index (κ3) is 4.32. The van der Waals surface area contributed by atoms with Crippen LogP contribution in [0, 0.1) is 0 Å². The van der Waals surface area contributed by atoms with E-state index in [0.29, 0.717) is 18.7 Å². The summed E-state index contributed by atoms with van der Waals surface area (Å²) in [6, 6.07) is 15.8. The van der Waals surface area contributed by atoms with E-state index in [4.69, 9.17) is 9.15 Å². The molecule has 0 aliphatic heterocycles. The Bertz CT molecular complexity index is 903. The van der Waals surface area contributed by atoms with E-state index in [9.17, 15) is 9.90 Å². The molecule has 25 heavy (non-hydrogen) atoms. The Kier molecular flexibility index (Phi) is 5.23. The number of nitrogens with zero attached hydrogens (tertiary/aromatic N) is 1. The van der Waals surface area contributed by atoms with Gasteiger partial charge in [-0.05, 0) is 42.8 Å². The van der Waals surface area contributed by atoms with Gasteiger partial charge in [0.2, 0.25) is 0 Å². The highest BCUT2D eigenvalue weighted by Crippen LogP contribution is 2.22. The van der Waals surface area contributed by atoms with Crippen molar-refractivity contribution in [3.63, 3.8) is 0 Å². The molecule has 0 saturated carbocycles. The number of aromatic hydroxyl groups is 1. The number of benzene rings is 2. The fourth-order valence-electron chi connectivity index (χ4n) is 2.74. The summed E-state index contributed by atoms with van der Waals surface area (Å²) >= 11 is 0. The first-order valence-corrected chi connectivity index (χ1v) is 8.36. The minimum atomic E-state index is -0.359. The highest BCUT2D eigenvalue weighted by atomic mass is 16.5. The molecule has 2 aromatic carbocycles. The van der Waals surface area contributed by atoms with Gasteiger partial charge in [-0.1, -0.05) is 13.0 Å². The highest BCUT2D eigenvalue weighted by molar-refractivity contribution is 5.77. The van der Waals surface area contributed by atoms with Crippen molar-refractivity contribution in [2.75, 3.05) is 24.6 Å². The number of phenols is 1. The van der Waals surface area contributed by atoms with Crippen LogP contribution >= 0.6 is 0 Å². The normalized spacial score (nSPS) is 10.8. The van der Waals surface area contributed by atoms with Gasteiger partial charge < -0.3 is 19.2 Å². The number of hydrogen-bond donors (Lipinski definition) is 1. The van der Waals surface area contributed by atoms with Gasteiger partial charge in [-0.3, -0.25) is 0 Å². The average molecular weight is 339 g/mol. The average Bonchev–Trinajstić information content (AvgIpc) is 2.61. The Morgan fingerprint density at radius 3 is 2.76 bits per heavy atom. The molecule has 0 aliphatic rings. The molecule has 130 valence electrons. The van der Waals surface area contributed by atoms with Crippen LogP contribution < -0.4 is 15.3 Å². The standard InChI is InChI=1S/C20H21NO4/c1-2-10-21(16-4-3-5-17(22)14-16)11-12-24-18-7-8-19-15(13-18)6-9-20(23)25-19/h3-9,13-14,22H,2,10-12H2,1H3. The number of phenolic OH excluding ortho intramolecular Hbond substituents is 1. The lowest BCUT2D eigenvalue weighted by Crippen LogP contribution is -2.29. The first kappa shape index (κ1) is 16.9. The van der Waals surface area contributed by atoms with Gasteiger partial charge in [-0.15, -0.1) is 0 Å². The molecule has 1 aromatic heterocycles. The van der Waals surface area contributed by atoms with E-state index in [0.717, 1.165) is 29.8 Å². The molecule has 0 bridgehead atoms. The third-order valence-electron chi connectivity index (χ3n) is 3.91. The molecule has 5 heteroatoms. The molecule has 0 spiro atoms. The SMILES string of the molecule is CCCN(CCOc1ccc2oc(=O)ccc2c1)c1cccc(O)c1. The summed E-state index contributed by atoms with van der Waals surface area (Å²) in [5, 5.41) is 10.5. The van der Waals surface area contributed by atoms with Crippen LogP contribution in [-0.4, -0.2) is 24.8 Å². The van der Waals surface area contributed by atoms with Gasteiger partial charge in [0.05, 0.1) is 6.54 Å². The summed E-state index contributed by atoms with van der Waals surface area (Å²) < 4.78 is 11.0. The summed E-state index contributed by atoms with van der Waals surface area (Å²) in [5.41, 5.74) is 1.17. The van der Waals surface area contributed by atoms with Crippen molar-refractivity contribution in [2.24, 2.45) is 0 Å². The van der Waals surface area contributed by atoms with Crippen LogP contribution in [0.25, 0.3) is 11.0 Å². The molecule has 0 aliphatic carbocycles. The van der Waals surface area contributed by atoms with Crippen molar-refractivity contribution in [3.05, 3.63) is 65.0 Å². The Labute approximate surface area is 146 Å². The van der Waals surface area contributed by atoms with Crippen LogP contribution in [0.15, 0.2) is 63.8 Å². The molecule has 0 atom stereocenters. The number of fused-ring (bicyclic) bond motifs is 1. The number of ether oxygens (including phenoxy) is 1. The van der Waals surface area contributed by atoms with E-state index in [2.05, 4.69) is 11.8 Å². The van der Waals surface area contributed by atoms with Gasteiger partial charge >= 0.3 is 5.63 Å². The molecule has 0 amide bonds. The first-order valence-electron chi connectivity index (χ1n) is 8.36. The fraction of sp³-hybridized carbons (Fsp3) is 0.250. The van der Waals surface area contributed by atoms with Crippen molar-refractivity contribution < 1.29 is 14.3 Å². The molecule has 3 rings (SSSR count). The van der Waals surface area contributed by atoms with E-state index in [1.165, 1.54) is 6.07 Å². The second-order valence-electron chi connectivity index (χ2n) is 5.81. The summed E-state index contributed by atoms with van der Waals surface area (Å²) in [6.07, 6.45) is 1.00. The van der Waals surface area contributed by atoms with Crippen molar-refractivity contribution >= 4 is 16.7 Å². The van der Waals surface area contributed by atoms with Gasteiger partial charge in [0.1, 0.15) is 23.7 Å². The maximum absolute atomic E-state index is 11.2. The molecular weight excluding hydrogens is 318 g/mol. The zero-order valence-electron chi connectivity index (χ0n) is 14.1. The lowest BCUT2D eigenvalue weighted by atomic mass is 10.2. The molecular formula is C20H21NO4. The van der Waals surface area contributed by atoms with Crippen molar-refractivity contribution in [1.29, 1.82) is 0 Å². The van der Waals surface area contributed by atoms with Gasteiger partial charge in [0, 0.05) is 29.8 Å². The largest absolute Gasteiger partial charge is 0.508 e. The Hall–Kier alpha value is -2.95. The lowest BCUT2D eigenvalue weighted by Gasteiger charge is -2.24. The van der Waals surface area contributed by atoms with Crippen LogP contribution in [0.1, 0.15) is 13.3 Å². The first-order chi connectivity index (χ1) is 12.2. The lowest BCUT2D eigenvalue weighted by molar-refractivity contribution is 0.324. The van der Waals surface area contributed by atoms with Crippen LogP contribution in [-0.2, 0) is 0 Å². The maximum atomic E-state index is 11.2. The quantitative estimate of drug-likeness (QED) is 0.664. The Balaban J connectivity index is 1.65. The topological polar surface area (TPSA) is 62.9 Å². The molecule has 0 radical (unpaired) electrons. The van der Waals surface area contributed by atoms with E-state index < -0.39 is 0 Å². The third-order valence-corrected chi connectivity index (χ3v) is 3.91. The Morgan fingerprint density at radius 2 is 1.96 bits per heavy atom. The van der Waals surface area contributed by atoms with Crippen LogP contribution in [0.2, 0.25) is 0 Å². The number of rotatable bonds is 7. The predicted octanol–water partition coefficient (Wildman–Crippen LogP) is 3.79. The van der Waals surface area contributed by atoms with Crippen LogP contribution in [0.4, 0.5) is 5.69 Å². The molecule has 0 fully saturated rings. The molecule has 1 heterocycles. The molecule has 1 N–H and O–H groups in total. The van der Waals surface area contributed by atoms with Gasteiger partial charge in [-0.25, -0.2) is 4.79 Å². The zero-order valence-corrected chi connectivity index (χ0v) is 14.1. The smallest absolute Gasteiger partial charge is 0.336 e. The Morgan fingerprint density at radius 1 is 1.08 bits per heavy atom. The van der Waals surface area contributed by atoms with E-state index in [-0.39, 0.29) is 11.4 Å². The molecule has 0 saturated heterocycles. The minimum Gasteiger partial charge on any atom is -0.508 e. The second kappa shape index (κ2) is 7.75. The van der Waals surface area contributed by atoms with E-state index in [1.54, 1.807) is 30.3 Å². The van der Waals surface area contributed by atoms with Gasteiger partial charge in [0.15, 0.2) is 0 Å². The molecule has 0 unspecified atom stereocenters. The maximum Gasteiger partial charge on any atom is 0.336 e. The number of anilines is 1. The second-order valence-corrected chi connectivity index (χ2v) is 5.81. The predicted molar refractivity (Wildman–Crippen MR) is 98.6 cm³/mol. The summed E-state index contributed by atoms with van der Waals surface area (Å²) in [7, 11) is 0. The minimum absolute atomic E-state index is 0.260. The van der Waals surface area contributed by atoms with E-state index >= 15 is 0 Å². The summed E-state index contributed by atoms with van der Waals surface area (Å²) in [5.74, 6) is 0.990. The van der Waals surface area contributed by atoms with Crippen molar-refractivity contribution in [3.8, 4) is 11.5 Å². The van der Waals surface area contributed by atoms with Crippen LogP contribution in [0.3, 0.4) is 0 Å². The molecule has 3 aromatic rings. The highest BCUT2D eigenvalue weighted by Gasteiger charge is 2.07. The van der Waals surface area contributed by atoms with Crippen molar-refractivity contribution in [2.45, 2.75) is 13.3 Å². The summed E-state index contributed by atoms with van der Waals surface area (Å²) in [6.45, 7) is 4.22. The zero-order chi connectivity index (χ0) is 17.6. The van der Waals surface area contributed by atoms with Gasteiger partial charge in [0.25, 0.3) is 0 Å².